The molecule has 0 bridgehead atoms. The number of fused-ring (bicyclic) bond motifs is 1. The fourth-order valence-electron chi connectivity index (χ4n) is 3.19. The van der Waals surface area contributed by atoms with Crippen molar-refractivity contribution in [3.63, 3.8) is 0 Å². The van der Waals surface area contributed by atoms with Crippen LogP contribution < -0.4 is 14.8 Å². The Balaban J connectivity index is 1.71. The van der Waals surface area contributed by atoms with Crippen LogP contribution in [-0.4, -0.2) is 29.3 Å². The second-order valence-electron chi connectivity index (χ2n) is 6.76. The number of rotatable bonds is 6. The highest BCUT2D eigenvalue weighted by Crippen LogP contribution is 2.31. The molecule has 2 aromatic heterocycles. The van der Waals surface area contributed by atoms with Crippen LogP contribution in [-0.2, 0) is 6.54 Å². The van der Waals surface area contributed by atoms with E-state index in [-0.39, 0.29) is 0 Å². The van der Waals surface area contributed by atoms with Crippen LogP contribution in [0.2, 0.25) is 0 Å². The molecule has 4 rings (SSSR count). The van der Waals surface area contributed by atoms with Gasteiger partial charge in [-0.2, -0.15) is 4.98 Å². The van der Waals surface area contributed by atoms with Crippen molar-refractivity contribution in [2.75, 3.05) is 19.5 Å². The quantitative estimate of drug-likeness (QED) is 0.518. The number of ether oxygens (including phenoxy) is 2. The largest absolute Gasteiger partial charge is 0.493 e. The minimum atomic E-state index is 0.508. The highest BCUT2D eigenvalue weighted by Gasteiger charge is 2.15. The summed E-state index contributed by atoms with van der Waals surface area (Å²) in [5.41, 5.74) is 3.89. The van der Waals surface area contributed by atoms with Gasteiger partial charge >= 0.3 is 0 Å². The van der Waals surface area contributed by atoms with Gasteiger partial charge in [0.05, 0.1) is 25.3 Å². The van der Waals surface area contributed by atoms with Gasteiger partial charge in [-0.3, -0.25) is 0 Å². The first-order valence-electron chi connectivity index (χ1n) is 9.24. The van der Waals surface area contributed by atoms with Crippen LogP contribution in [0.15, 0.2) is 47.0 Å². The molecular formula is C22H22N4O3. The standard InChI is InChI=1S/C22H22N4O3/c1-13-5-7-18-16(9-13)11-17(22-24-14(2)29-26-22)21(25-18)23-12-15-6-8-19(27-3)20(10-15)28-4/h5-11H,12H2,1-4H3,(H,23,25). The number of nitrogens with zero attached hydrogens (tertiary/aromatic N) is 3. The average molecular weight is 390 g/mol. The molecule has 148 valence electrons. The summed E-state index contributed by atoms with van der Waals surface area (Å²) in [6, 6.07) is 14.0. The Bertz CT molecular complexity index is 1170. The number of aromatic nitrogens is 3. The third-order valence-electron chi connectivity index (χ3n) is 4.65. The topological polar surface area (TPSA) is 82.3 Å². The van der Waals surface area contributed by atoms with E-state index in [0.717, 1.165) is 22.0 Å². The van der Waals surface area contributed by atoms with Crippen molar-refractivity contribution in [1.82, 2.24) is 15.1 Å². The highest BCUT2D eigenvalue weighted by molar-refractivity contribution is 5.88. The third-order valence-corrected chi connectivity index (χ3v) is 4.65. The number of anilines is 1. The molecule has 0 aliphatic carbocycles. The van der Waals surface area contributed by atoms with Crippen molar-refractivity contribution in [3.05, 3.63) is 59.5 Å². The van der Waals surface area contributed by atoms with Gasteiger partial charge in [0.1, 0.15) is 5.82 Å². The molecule has 4 aromatic rings. The Kier molecular flexibility index (Phi) is 5.03. The minimum absolute atomic E-state index is 0.508. The van der Waals surface area contributed by atoms with Gasteiger partial charge in [0.15, 0.2) is 11.5 Å². The van der Waals surface area contributed by atoms with Gasteiger partial charge in [-0.25, -0.2) is 4.98 Å². The average Bonchev–Trinajstić information content (AvgIpc) is 3.17. The number of methoxy groups -OCH3 is 2. The molecule has 0 saturated carbocycles. The Morgan fingerprint density at radius 2 is 1.76 bits per heavy atom. The van der Waals surface area contributed by atoms with Crippen LogP contribution in [0.5, 0.6) is 11.5 Å². The SMILES string of the molecule is COc1ccc(CNc2nc3ccc(C)cc3cc2-c2noc(C)n2)cc1OC. The van der Waals surface area contributed by atoms with Gasteiger partial charge in [0.25, 0.3) is 0 Å². The fourth-order valence-corrected chi connectivity index (χ4v) is 3.19. The first-order chi connectivity index (χ1) is 14.1. The maximum Gasteiger partial charge on any atom is 0.223 e. The lowest BCUT2D eigenvalue weighted by Gasteiger charge is -2.13. The number of hydrogen-bond acceptors (Lipinski definition) is 7. The summed E-state index contributed by atoms with van der Waals surface area (Å²) in [6.45, 7) is 4.38. The fraction of sp³-hybridized carbons (Fsp3) is 0.227. The summed E-state index contributed by atoms with van der Waals surface area (Å²) in [5, 5.41) is 8.51. The van der Waals surface area contributed by atoms with Crippen molar-refractivity contribution in [3.8, 4) is 22.9 Å². The smallest absolute Gasteiger partial charge is 0.223 e. The molecule has 0 spiro atoms. The molecule has 0 saturated heterocycles. The van der Waals surface area contributed by atoms with Crippen LogP contribution >= 0.6 is 0 Å². The van der Waals surface area contributed by atoms with E-state index >= 15 is 0 Å². The zero-order valence-electron chi connectivity index (χ0n) is 16.8. The zero-order chi connectivity index (χ0) is 20.4. The van der Waals surface area contributed by atoms with Crippen LogP contribution in [0.25, 0.3) is 22.3 Å². The third kappa shape index (κ3) is 3.85. The van der Waals surface area contributed by atoms with E-state index in [1.54, 1.807) is 21.1 Å². The van der Waals surface area contributed by atoms with E-state index < -0.39 is 0 Å². The Morgan fingerprint density at radius 3 is 2.48 bits per heavy atom. The highest BCUT2D eigenvalue weighted by atomic mass is 16.5. The maximum atomic E-state index is 5.39. The first-order valence-corrected chi connectivity index (χ1v) is 9.24. The van der Waals surface area contributed by atoms with E-state index in [1.807, 2.05) is 36.4 Å². The summed E-state index contributed by atoms with van der Waals surface area (Å²) < 4.78 is 15.9. The number of nitrogens with one attached hydrogen (secondary N) is 1. The molecule has 7 heteroatoms. The molecule has 7 nitrogen and oxygen atoms in total. The van der Waals surface area contributed by atoms with E-state index in [1.165, 1.54) is 5.56 Å². The lowest BCUT2D eigenvalue weighted by atomic mass is 10.1. The molecule has 0 unspecified atom stereocenters. The van der Waals surface area contributed by atoms with Crippen molar-refractivity contribution < 1.29 is 14.0 Å². The monoisotopic (exact) mass is 390 g/mol. The molecule has 2 heterocycles. The number of pyridine rings is 1. The van der Waals surface area contributed by atoms with Gasteiger partial charge in [-0.1, -0.05) is 22.9 Å². The summed E-state index contributed by atoms with van der Waals surface area (Å²) in [7, 11) is 3.24. The predicted molar refractivity (Wildman–Crippen MR) is 111 cm³/mol. The lowest BCUT2D eigenvalue weighted by Crippen LogP contribution is -2.04. The molecule has 0 fully saturated rings. The van der Waals surface area contributed by atoms with Gasteiger partial charge < -0.3 is 19.3 Å². The Labute approximate surface area is 168 Å². The van der Waals surface area contributed by atoms with Crippen LogP contribution in [0.3, 0.4) is 0 Å². The number of aryl methyl sites for hydroxylation is 2. The summed E-state index contributed by atoms with van der Waals surface area (Å²) in [6.07, 6.45) is 0. The molecule has 29 heavy (non-hydrogen) atoms. The normalized spacial score (nSPS) is 10.9. The van der Waals surface area contributed by atoms with Crippen molar-refractivity contribution in [2.45, 2.75) is 20.4 Å². The molecule has 0 amide bonds. The van der Waals surface area contributed by atoms with Crippen molar-refractivity contribution in [1.29, 1.82) is 0 Å². The van der Waals surface area contributed by atoms with E-state index in [0.29, 0.717) is 35.6 Å². The zero-order valence-corrected chi connectivity index (χ0v) is 16.8. The Hall–Kier alpha value is -3.61. The second-order valence-corrected chi connectivity index (χ2v) is 6.76. The van der Waals surface area contributed by atoms with E-state index in [4.69, 9.17) is 19.0 Å². The van der Waals surface area contributed by atoms with Gasteiger partial charge in [0.2, 0.25) is 11.7 Å². The Morgan fingerprint density at radius 1 is 0.931 bits per heavy atom. The molecular weight excluding hydrogens is 368 g/mol. The van der Waals surface area contributed by atoms with Crippen LogP contribution in [0.4, 0.5) is 5.82 Å². The van der Waals surface area contributed by atoms with Crippen LogP contribution in [0.1, 0.15) is 17.0 Å². The summed E-state index contributed by atoms with van der Waals surface area (Å²) >= 11 is 0. The second kappa shape index (κ2) is 7.79. The predicted octanol–water partition coefficient (Wildman–Crippen LogP) is 4.53. The summed E-state index contributed by atoms with van der Waals surface area (Å²) in [5.74, 6) is 3.08. The molecule has 0 radical (unpaired) electrons. The number of benzene rings is 2. The summed E-state index contributed by atoms with van der Waals surface area (Å²) in [4.78, 5) is 9.19. The van der Waals surface area contributed by atoms with Crippen molar-refractivity contribution in [2.24, 2.45) is 0 Å². The van der Waals surface area contributed by atoms with Crippen LogP contribution in [0, 0.1) is 13.8 Å². The molecule has 0 atom stereocenters. The van der Waals surface area contributed by atoms with Gasteiger partial charge in [-0.05, 0) is 42.8 Å². The number of hydrogen-bond donors (Lipinski definition) is 1. The molecule has 2 aromatic carbocycles. The first kappa shape index (κ1) is 18.7. The van der Waals surface area contributed by atoms with E-state index in [9.17, 15) is 0 Å². The molecule has 1 N–H and O–H groups in total. The van der Waals surface area contributed by atoms with Crippen molar-refractivity contribution >= 4 is 16.7 Å². The van der Waals surface area contributed by atoms with Gasteiger partial charge in [-0.15, -0.1) is 0 Å². The van der Waals surface area contributed by atoms with E-state index in [2.05, 4.69) is 28.4 Å². The lowest BCUT2D eigenvalue weighted by molar-refractivity contribution is 0.354. The molecule has 0 aliphatic heterocycles. The maximum absolute atomic E-state index is 5.39. The minimum Gasteiger partial charge on any atom is -0.493 e. The molecule has 0 aliphatic rings. The van der Waals surface area contributed by atoms with Gasteiger partial charge in [0, 0.05) is 18.9 Å².